The zero-order chi connectivity index (χ0) is 14.9. The Labute approximate surface area is 113 Å². The van der Waals surface area contributed by atoms with Crippen LogP contribution >= 0.6 is 0 Å². The Morgan fingerprint density at radius 1 is 1.60 bits per heavy atom. The Kier molecular flexibility index (Phi) is 3.68. The molecule has 9 nitrogen and oxygen atoms in total. The Morgan fingerprint density at radius 3 is 2.65 bits per heavy atom. The summed E-state index contributed by atoms with van der Waals surface area (Å²) < 4.78 is 1.01. The van der Waals surface area contributed by atoms with Crippen LogP contribution in [0.4, 0.5) is 5.69 Å². The van der Waals surface area contributed by atoms with Gasteiger partial charge in [-0.1, -0.05) is 0 Å². The maximum Gasteiger partial charge on any atom is 0.363 e. The summed E-state index contributed by atoms with van der Waals surface area (Å²) in [6, 6.07) is 0.233. The Hall–Kier alpha value is -2.45. The van der Waals surface area contributed by atoms with Crippen LogP contribution in [0.15, 0.2) is 6.20 Å². The quantitative estimate of drug-likeness (QED) is 0.599. The second-order valence-electron chi connectivity index (χ2n) is 4.53. The van der Waals surface area contributed by atoms with Crippen LogP contribution < -0.4 is 0 Å². The number of carbonyl (C=O) groups is 2. The van der Waals surface area contributed by atoms with E-state index in [1.165, 1.54) is 0 Å². The third-order valence-electron chi connectivity index (χ3n) is 3.09. The number of carbonyl (C=O) groups excluding carboxylic acids is 1. The van der Waals surface area contributed by atoms with Crippen molar-refractivity contribution in [1.82, 2.24) is 14.7 Å². The number of carboxylic acids is 1. The van der Waals surface area contributed by atoms with E-state index in [2.05, 4.69) is 5.10 Å². The number of hydrogen-bond acceptors (Lipinski definition) is 5. The molecule has 1 N–H and O–H groups in total. The third kappa shape index (κ3) is 2.76. The normalized spacial score (nSPS) is 14.1. The number of amides is 1. The molecule has 0 spiro atoms. The Bertz CT molecular complexity index is 532. The highest BCUT2D eigenvalue weighted by atomic mass is 16.6. The summed E-state index contributed by atoms with van der Waals surface area (Å²) in [5.41, 5.74) is -1.27. The number of nitro groups is 1. The molecule has 1 aliphatic carbocycles. The first-order valence-corrected chi connectivity index (χ1v) is 6.18. The van der Waals surface area contributed by atoms with E-state index in [4.69, 9.17) is 5.11 Å². The second-order valence-corrected chi connectivity index (χ2v) is 4.53. The molecule has 1 saturated carbocycles. The molecule has 0 bridgehead atoms. The van der Waals surface area contributed by atoms with Gasteiger partial charge in [0.15, 0.2) is 0 Å². The number of aromatic carboxylic acids is 1. The minimum Gasteiger partial charge on any atom is -0.476 e. The zero-order valence-electron chi connectivity index (χ0n) is 10.9. The predicted octanol–water partition coefficient (Wildman–Crippen LogP) is 0.500. The average Bonchev–Trinajstić information content (AvgIpc) is 3.09. The summed E-state index contributed by atoms with van der Waals surface area (Å²) in [6.07, 6.45) is 2.89. The molecule has 2 rings (SSSR count). The molecule has 0 atom stereocenters. The molecule has 1 aromatic heterocycles. The topological polar surface area (TPSA) is 119 Å². The van der Waals surface area contributed by atoms with Crippen molar-refractivity contribution in [3.8, 4) is 0 Å². The van der Waals surface area contributed by atoms with Gasteiger partial charge in [-0.15, -0.1) is 0 Å². The van der Waals surface area contributed by atoms with Crippen LogP contribution in [0.1, 0.15) is 30.3 Å². The molecule has 1 amide bonds. The minimum atomic E-state index is -1.49. The second kappa shape index (κ2) is 5.27. The zero-order valence-corrected chi connectivity index (χ0v) is 10.9. The molecule has 20 heavy (non-hydrogen) atoms. The number of aromatic nitrogens is 2. The van der Waals surface area contributed by atoms with Gasteiger partial charge in [0.1, 0.15) is 12.7 Å². The van der Waals surface area contributed by atoms with Gasteiger partial charge in [0.2, 0.25) is 11.6 Å². The van der Waals surface area contributed by atoms with E-state index in [1.54, 1.807) is 4.90 Å². The molecule has 1 aliphatic rings. The molecule has 108 valence electrons. The van der Waals surface area contributed by atoms with E-state index >= 15 is 0 Å². The maximum absolute atomic E-state index is 12.0. The monoisotopic (exact) mass is 282 g/mol. The molecule has 1 fully saturated rings. The average molecular weight is 282 g/mol. The molecule has 1 heterocycles. The molecule has 0 saturated heterocycles. The van der Waals surface area contributed by atoms with Crippen molar-refractivity contribution in [3.63, 3.8) is 0 Å². The van der Waals surface area contributed by atoms with Gasteiger partial charge in [-0.05, 0) is 19.8 Å². The summed E-state index contributed by atoms with van der Waals surface area (Å²) in [6.45, 7) is 2.21. The summed E-state index contributed by atoms with van der Waals surface area (Å²) in [4.78, 5) is 34.5. The van der Waals surface area contributed by atoms with Crippen molar-refractivity contribution >= 4 is 17.6 Å². The van der Waals surface area contributed by atoms with Gasteiger partial charge >= 0.3 is 11.7 Å². The van der Waals surface area contributed by atoms with E-state index in [0.717, 1.165) is 23.7 Å². The minimum absolute atomic E-state index is 0.196. The van der Waals surface area contributed by atoms with Crippen molar-refractivity contribution in [3.05, 3.63) is 22.0 Å². The third-order valence-corrected chi connectivity index (χ3v) is 3.09. The van der Waals surface area contributed by atoms with Crippen LogP contribution in [-0.2, 0) is 11.3 Å². The molecular formula is C11H14N4O5. The molecule has 1 aromatic rings. The molecule has 0 aromatic carbocycles. The fourth-order valence-electron chi connectivity index (χ4n) is 2.03. The van der Waals surface area contributed by atoms with Gasteiger partial charge in [-0.3, -0.25) is 19.6 Å². The van der Waals surface area contributed by atoms with Crippen molar-refractivity contribution in [1.29, 1.82) is 0 Å². The van der Waals surface area contributed by atoms with Crippen molar-refractivity contribution < 1.29 is 19.6 Å². The fourth-order valence-corrected chi connectivity index (χ4v) is 2.03. The summed E-state index contributed by atoms with van der Waals surface area (Å²) >= 11 is 0. The summed E-state index contributed by atoms with van der Waals surface area (Å²) in [5, 5.41) is 23.2. The molecular weight excluding hydrogens is 268 g/mol. The Morgan fingerprint density at radius 2 is 2.25 bits per heavy atom. The lowest BCUT2D eigenvalue weighted by Gasteiger charge is -2.19. The highest BCUT2D eigenvalue weighted by Crippen LogP contribution is 2.27. The standard InChI is InChI=1S/C11H14N4O5/c1-2-14(7-3-4-7)9(16)6-13-5-8(15(19)20)10(12-13)11(17)18/h5,7H,2-4,6H2,1H3,(H,17,18). The SMILES string of the molecule is CCN(C(=O)Cn1cc([N+](=O)[O-])c(C(=O)O)n1)C1CC1. The lowest BCUT2D eigenvalue weighted by Crippen LogP contribution is -2.35. The molecule has 0 aliphatic heterocycles. The van der Waals surface area contributed by atoms with Gasteiger partial charge in [0, 0.05) is 12.6 Å². The summed E-state index contributed by atoms with van der Waals surface area (Å²) in [7, 11) is 0. The van der Waals surface area contributed by atoms with E-state index in [0.29, 0.717) is 6.54 Å². The number of hydrogen-bond donors (Lipinski definition) is 1. The van der Waals surface area contributed by atoms with Gasteiger partial charge in [0.25, 0.3) is 0 Å². The maximum atomic E-state index is 12.0. The van der Waals surface area contributed by atoms with E-state index < -0.39 is 22.3 Å². The van der Waals surface area contributed by atoms with Gasteiger partial charge in [-0.25, -0.2) is 4.79 Å². The van der Waals surface area contributed by atoms with E-state index in [1.807, 2.05) is 6.92 Å². The number of likely N-dealkylation sites (N-methyl/N-ethyl adjacent to an activating group) is 1. The number of carboxylic acid groups (broad SMARTS) is 1. The van der Waals surface area contributed by atoms with Gasteiger partial charge in [-0.2, -0.15) is 5.10 Å². The smallest absolute Gasteiger partial charge is 0.363 e. The lowest BCUT2D eigenvalue weighted by molar-refractivity contribution is -0.385. The molecule has 0 radical (unpaired) electrons. The Balaban J connectivity index is 2.17. The largest absolute Gasteiger partial charge is 0.476 e. The van der Waals surface area contributed by atoms with Gasteiger partial charge in [0.05, 0.1) is 4.92 Å². The van der Waals surface area contributed by atoms with Crippen molar-refractivity contribution in [2.75, 3.05) is 6.54 Å². The van der Waals surface area contributed by atoms with Crippen LogP contribution in [-0.4, -0.2) is 49.2 Å². The highest BCUT2D eigenvalue weighted by Gasteiger charge is 2.32. The fraction of sp³-hybridized carbons (Fsp3) is 0.545. The molecule has 9 heteroatoms. The number of rotatable bonds is 6. The number of nitrogens with zero attached hydrogens (tertiary/aromatic N) is 4. The van der Waals surface area contributed by atoms with Crippen LogP contribution in [0.3, 0.4) is 0 Å². The highest BCUT2D eigenvalue weighted by molar-refractivity contribution is 5.90. The van der Waals surface area contributed by atoms with Crippen molar-refractivity contribution in [2.24, 2.45) is 0 Å². The van der Waals surface area contributed by atoms with E-state index in [9.17, 15) is 19.7 Å². The van der Waals surface area contributed by atoms with E-state index in [-0.39, 0.29) is 18.5 Å². The summed E-state index contributed by atoms with van der Waals surface area (Å²) in [5.74, 6) is -1.71. The first kappa shape index (κ1) is 14.0. The van der Waals surface area contributed by atoms with Gasteiger partial charge < -0.3 is 10.0 Å². The van der Waals surface area contributed by atoms with Crippen LogP contribution in [0.5, 0.6) is 0 Å². The lowest BCUT2D eigenvalue weighted by atomic mass is 10.4. The first-order chi connectivity index (χ1) is 9.43. The van der Waals surface area contributed by atoms with Crippen LogP contribution in [0, 0.1) is 10.1 Å². The predicted molar refractivity (Wildman–Crippen MR) is 66.2 cm³/mol. The molecule has 0 unspecified atom stereocenters. The van der Waals surface area contributed by atoms with Crippen LogP contribution in [0.25, 0.3) is 0 Å². The van der Waals surface area contributed by atoms with Crippen molar-refractivity contribution in [2.45, 2.75) is 32.4 Å². The first-order valence-electron chi connectivity index (χ1n) is 6.18. The van der Waals surface area contributed by atoms with Crippen LogP contribution in [0.2, 0.25) is 0 Å².